The quantitative estimate of drug-likeness (QED) is 0.784. The van der Waals surface area contributed by atoms with E-state index in [1.54, 1.807) is 18.4 Å². The third kappa shape index (κ3) is 4.35. The van der Waals surface area contributed by atoms with Gasteiger partial charge in [0, 0.05) is 31.1 Å². The average Bonchev–Trinajstić information content (AvgIpc) is 3.00. The lowest BCUT2D eigenvalue weighted by Gasteiger charge is -2.16. The molecule has 2 rings (SSSR count). The standard InChI is InChI=1S/C12H20N2O2S2/c1-14(8-6-12-3-2-9-17-12)18(15,16)10-7-13-11-4-5-11/h2-3,9,11,13H,4-8,10H2,1H3. The lowest BCUT2D eigenvalue weighted by Crippen LogP contribution is -2.35. The smallest absolute Gasteiger partial charge is 0.215 e. The van der Waals surface area contributed by atoms with Gasteiger partial charge in [-0.1, -0.05) is 6.07 Å². The minimum Gasteiger partial charge on any atom is -0.313 e. The summed E-state index contributed by atoms with van der Waals surface area (Å²) in [5.41, 5.74) is 0. The molecule has 0 aliphatic heterocycles. The van der Waals surface area contributed by atoms with Gasteiger partial charge in [-0.05, 0) is 30.7 Å². The number of likely N-dealkylation sites (N-methyl/N-ethyl adjacent to an activating group) is 1. The largest absolute Gasteiger partial charge is 0.313 e. The Labute approximate surface area is 113 Å². The topological polar surface area (TPSA) is 49.4 Å². The van der Waals surface area contributed by atoms with E-state index < -0.39 is 10.0 Å². The number of thiophene rings is 1. The van der Waals surface area contributed by atoms with E-state index in [9.17, 15) is 8.42 Å². The summed E-state index contributed by atoms with van der Waals surface area (Å²) in [6, 6.07) is 4.60. The molecule has 0 aromatic carbocycles. The molecule has 0 atom stereocenters. The summed E-state index contributed by atoms with van der Waals surface area (Å²) in [4.78, 5) is 1.23. The normalized spacial score (nSPS) is 16.3. The second-order valence-electron chi connectivity index (χ2n) is 4.70. The van der Waals surface area contributed by atoms with Crippen LogP contribution in [0.15, 0.2) is 17.5 Å². The molecule has 1 N–H and O–H groups in total. The van der Waals surface area contributed by atoms with Gasteiger partial charge < -0.3 is 5.32 Å². The van der Waals surface area contributed by atoms with Crippen LogP contribution in [0.5, 0.6) is 0 Å². The van der Waals surface area contributed by atoms with Gasteiger partial charge in [-0.3, -0.25) is 0 Å². The van der Waals surface area contributed by atoms with Crippen LogP contribution in [0.2, 0.25) is 0 Å². The predicted octanol–water partition coefficient (Wildman–Crippen LogP) is 1.30. The maximum atomic E-state index is 12.0. The summed E-state index contributed by atoms with van der Waals surface area (Å²) in [6.45, 7) is 1.13. The fraction of sp³-hybridized carbons (Fsp3) is 0.667. The van der Waals surface area contributed by atoms with Crippen LogP contribution in [0.1, 0.15) is 17.7 Å². The van der Waals surface area contributed by atoms with Gasteiger partial charge in [-0.15, -0.1) is 11.3 Å². The Kier molecular flexibility index (Phi) is 4.77. The summed E-state index contributed by atoms with van der Waals surface area (Å²) in [7, 11) is -1.44. The van der Waals surface area contributed by atoms with Crippen LogP contribution >= 0.6 is 11.3 Å². The highest BCUT2D eigenvalue weighted by Crippen LogP contribution is 2.18. The first-order chi connectivity index (χ1) is 8.58. The van der Waals surface area contributed by atoms with E-state index in [1.165, 1.54) is 22.0 Å². The van der Waals surface area contributed by atoms with E-state index in [4.69, 9.17) is 0 Å². The third-order valence-corrected chi connectivity index (χ3v) is 5.89. The molecule has 1 fully saturated rings. The summed E-state index contributed by atoms with van der Waals surface area (Å²) >= 11 is 1.67. The zero-order valence-corrected chi connectivity index (χ0v) is 12.3. The molecule has 1 aliphatic rings. The molecule has 0 saturated heterocycles. The number of nitrogens with zero attached hydrogens (tertiary/aromatic N) is 1. The monoisotopic (exact) mass is 288 g/mol. The van der Waals surface area contributed by atoms with Gasteiger partial charge in [0.1, 0.15) is 0 Å². The van der Waals surface area contributed by atoms with Crippen LogP contribution in [0.4, 0.5) is 0 Å². The Balaban J connectivity index is 1.72. The maximum Gasteiger partial charge on any atom is 0.215 e. The molecule has 0 amide bonds. The zero-order chi connectivity index (χ0) is 13.0. The van der Waals surface area contributed by atoms with E-state index in [1.807, 2.05) is 17.5 Å². The second kappa shape index (κ2) is 6.14. The molecule has 1 aromatic rings. The second-order valence-corrected chi connectivity index (χ2v) is 7.92. The summed E-state index contributed by atoms with van der Waals surface area (Å²) in [6.07, 6.45) is 3.17. The minimum atomic E-state index is -3.11. The molecule has 0 bridgehead atoms. The first-order valence-electron chi connectivity index (χ1n) is 6.28. The number of nitrogens with one attached hydrogen (secondary N) is 1. The van der Waals surface area contributed by atoms with Crippen LogP contribution in [-0.4, -0.2) is 44.7 Å². The third-order valence-electron chi connectivity index (χ3n) is 3.10. The van der Waals surface area contributed by atoms with E-state index in [2.05, 4.69) is 5.32 Å². The van der Waals surface area contributed by atoms with Crippen LogP contribution in [0.3, 0.4) is 0 Å². The summed E-state index contributed by atoms with van der Waals surface area (Å²) < 4.78 is 25.4. The highest BCUT2D eigenvalue weighted by Gasteiger charge is 2.22. The molecule has 0 unspecified atom stereocenters. The molecular formula is C12H20N2O2S2. The van der Waals surface area contributed by atoms with Crippen molar-refractivity contribution in [2.45, 2.75) is 25.3 Å². The van der Waals surface area contributed by atoms with Crippen LogP contribution in [-0.2, 0) is 16.4 Å². The molecule has 0 radical (unpaired) electrons. The van der Waals surface area contributed by atoms with Crippen molar-refractivity contribution in [3.8, 4) is 0 Å². The van der Waals surface area contributed by atoms with Gasteiger partial charge >= 0.3 is 0 Å². The van der Waals surface area contributed by atoms with Crippen molar-refractivity contribution in [1.82, 2.24) is 9.62 Å². The van der Waals surface area contributed by atoms with Gasteiger partial charge in [0.15, 0.2) is 0 Å². The van der Waals surface area contributed by atoms with Crippen molar-refractivity contribution in [2.75, 3.05) is 25.9 Å². The van der Waals surface area contributed by atoms with E-state index in [0.29, 0.717) is 19.1 Å². The van der Waals surface area contributed by atoms with Crippen molar-refractivity contribution in [1.29, 1.82) is 0 Å². The van der Waals surface area contributed by atoms with Gasteiger partial charge in [0.05, 0.1) is 5.75 Å². The van der Waals surface area contributed by atoms with Crippen molar-refractivity contribution in [3.05, 3.63) is 22.4 Å². The van der Waals surface area contributed by atoms with E-state index >= 15 is 0 Å². The molecule has 1 saturated carbocycles. The van der Waals surface area contributed by atoms with E-state index in [0.717, 1.165) is 6.42 Å². The van der Waals surface area contributed by atoms with Gasteiger partial charge in [0.2, 0.25) is 10.0 Å². The fourth-order valence-corrected chi connectivity index (χ4v) is 3.45. The SMILES string of the molecule is CN(CCc1cccs1)S(=O)(=O)CCNC1CC1. The number of hydrogen-bond acceptors (Lipinski definition) is 4. The predicted molar refractivity (Wildman–Crippen MR) is 75.5 cm³/mol. The molecule has 6 heteroatoms. The molecule has 1 heterocycles. The van der Waals surface area contributed by atoms with Crippen molar-refractivity contribution >= 4 is 21.4 Å². The van der Waals surface area contributed by atoms with Crippen molar-refractivity contribution < 1.29 is 8.42 Å². The molecular weight excluding hydrogens is 268 g/mol. The molecule has 0 spiro atoms. The zero-order valence-electron chi connectivity index (χ0n) is 10.6. The van der Waals surface area contributed by atoms with Gasteiger partial charge in [0.25, 0.3) is 0 Å². The van der Waals surface area contributed by atoms with Crippen molar-refractivity contribution in [3.63, 3.8) is 0 Å². The Morgan fingerprint density at radius 1 is 1.50 bits per heavy atom. The Bertz CT molecular complexity index is 452. The van der Waals surface area contributed by atoms with Crippen LogP contribution in [0.25, 0.3) is 0 Å². The summed E-state index contributed by atoms with van der Waals surface area (Å²) in [5.74, 6) is 0.199. The average molecular weight is 288 g/mol. The van der Waals surface area contributed by atoms with Crippen LogP contribution < -0.4 is 5.32 Å². The number of hydrogen-bond donors (Lipinski definition) is 1. The lowest BCUT2D eigenvalue weighted by atomic mass is 10.3. The molecule has 4 nitrogen and oxygen atoms in total. The fourth-order valence-electron chi connectivity index (χ4n) is 1.70. The first kappa shape index (κ1) is 14.0. The minimum absolute atomic E-state index is 0.199. The number of rotatable bonds is 8. The Hall–Kier alpha value is -0.430. The van der Waals surface area contributed by atoms with E-state index in [-0.39, 0.29) is 5.75 Å². The molecule has 1 aromatic heterocycles. The Morgan fingerprint density at radius 2 is 2.28 bits per heavy atom. The lowest BCUT2D eigenvalue weighted by molar-refractivity contribution is 0.471. The first-order valence-corrected chi connectivity index (χ1v) is 8.76. The van der Waals surface area contributed by atoms with Gasteiger partial charge in [-0.25, -0.2) is 12.7 Å². The number of sulfonamides is 1. The highest BCUT2D eigenvalue weighted by molar-refractivity contribution is 7.89. The van der Waals surface area contributed by atoms with Gasteiger partial charge in [-0.2, -0.15) is 0 Å². The van der Waals surface area contributed by atoms with Crippen molar-refractivity contribution in [2.24, 2.45) is 0 Å². The summed E-state index contributed by atoms with van der Waals surface area (Å²) in [5, 5.41) is 5.25. The maximum absolute atomic E-state index is 12.0. The molecule has 102 valence electrons. The Morgan fingerprint density at radius 3 is 2.89 bits per heavy atom. The highest BCUT2D eigenvalue weighted by atomic mass is 32.2. The van der Waals surface area contributed by atoms with Crippen LogP contribution in [0, 0.1) is 0 Å². The molecule has 18 heavy (non-hydrogen) atoms. The molecule has 1 aliphatic carbocycles.